The monoisotopic (exact) mass is 130 g/mol. The Hall–Kier alpha value is -0.610. The van der Waals surface area contributed by atoms with Gasteiger partial charge in [0.2, 0.25) is 6.41 Å². The molecule has 1 saturated heterocycles. The van der Waals surface area contributed by atoms with Gasteiger partial charge in [-0.25, -0.2) is 0 Å². The lowest BCUT2D eigenvalue weighted by molar-refractivity contribution is -0.135. The molecule has 0 bridgehead atoms. The summed E-state index contributed by atoms with van der Waals surface area (Å²) in [6.45, 7) is 2.41. The molecule has 9 heavy (non-hydrogen) atoms. The molecule has 0 aromatic carbocycles. The molecular weight excluding hydrogens is 120 g/mol. The predicted molar refractivity (Wildman–Crippen MR) is 31.0 cm³/mol. The normalized spacial score (nSPS) is 22.1. The van der Waals surface area contributed by atoms with Crippen molar-refractivity contribution in [3.63, 3.8) is 0 Å². The zero-order valence-electron chi connectivity index (χ0n) is 5.16. The van der Waals surface area contributed by atoms with Gasteiger partial charge in [-0.05, 0) is 0 Å². The predicted octanol–water partition coefficient (Wildman–Crippen LogP) is -0.850. The quantitative estimate of drug-likeness (QED) is 0.470. The van der Waals surface area contributed by atoms with Gasteiger partial charge in [-0.1, -0.05) is 0 Å². The Morgan fingerprint density at radius 3 is 2.22 bits per heavy atom. The molecule has 1 aliphatic heterocycles. The Morgan fingerprint density at radius 2 is 1.78 bits per heavy atom. The molecular formula is C5H10N2O2. The van der Waals surface area contributed by atoms with Crippen LogP contribution in [0.15, 0.2) is 0 Å². The number of amides is 1. The van der Waals surface area contributed by atoms with E-state index in [0.29, 0.717) is 26.2 Å². The lowest BCUT2D eigenvalue weighted by atomic mass is 10.4. The summed E-state index contributed by atoms with van der Waals surface area (Å²) in [5.41, 5.74) is 0. The van der Waals surface area contributed by atoms with Crippen molar-refractivity contribution < 1.29 is 10.0 Å². The number of hydroxylamine groups is 2. The van der Waals surface area contributed by atoms with Crippen LogP contribution < -0.4 is 0 Å². The van der Waals surface area contributed by atoms with E-state index in [9.17, 15) is 4.79 Å². The third-order valence-electron chi connectivity index (χ3n) is 1.44. The molecule has 1 N–H and O–H groups in total. The van der Waals surface area contributed by atoms with Gasteiger partial charge in [0, 0.05) is 26.2 Å². The Labute approximate surface area is 53.6 Å². The Balaban J connectivity index is 2.26. The van der Waals surface area contributed by atoms with Crippen LogP contribution in [0.3, 0.4) is 0 Å². The minimum atomic E-state index is 0.568. The van der Waals surface area contributed by atoms with E-state index in [1.165, 1.54) is 5.06 Å². The Kier molecular flexibility index (Phi) is 2.02. The van der Waals surface area contributed by atoms with Crippen LogP contribution in [0.4, 0.5) is 0 Å². The van der Waals surface area contributed by atoms with Gasteiger partial charge >= 0.3 is 0 Å². The summed E-state index contributed by atoms with van der Waals surface area (Å²) in [6, 6.07) is 0. The molecule has 1 heterocycles. The van der Waals surface area contributed by atoms with Gasteiger partial charge in [-0.3, -0.25) is 4.79 Å². The highest BCUT2D eigenvalue weighted by Crippen LogP contribution is 1.93. The van der Waals surface area contributed by atoms with E-state index in [1.54, 1.807) is 4.90 Å². The molecule has 0 spiro atoms. The molecule has 0 radical (unpaired) electrons. The van der Waals surface area contributed by atoms with E-state index in [0.717, 1.165) is 6.41 Å². The number of piperazine rings is 1. The fourth-order valence-electron chi connectivity index (χ4n) is 0.817. The third-order valence-corrected chi connectivity index (χ3v) is 1.44. The van der Waals surface area contributed by atoms with Crippen molar-refractivity contribution in [3.8, 4) is 0 Å². The maximum absolute atomic E-state index is 10.1. The maximum atomic E-state index is 10.1. The average molecular weight is 130 g/mol. The van der Waals surface area contributed by atoms with E-state index in [4.69, 9.17) is 5.21 Å². The Bertz CT molecular complexity index is 99.1. The van der Waals surface area contributed by atoms with Crippen molar-refractivity contribution >= 4 is 6.41 Å². The standard InChI is InChI=1S/C5H10N2O2/c8-5-6-1-3-7(9)4-2-6/h5,9H,1-4H2. The first-order valence-electron chi connectivity index (χ1n) is 2.96. The number of rotatable bonds is 1. The van der Waals surface area contributed by atoms with Gasteiger partial charge in [0.25, 0.3) is 0 Å². The molecule has 0 saturated carbocycles. The zero-order valence-corrected chi connectivity index (χ0v) is 5.16. The van der Waals surface area contributed by atoms with E-state index in [-0.39, 0.29) is 0 Å². The fraction of sp³-hybridized carbons (Fsp3) is 0.800. The molecule has 1 aliphatic rings. The molecule has 52 valence electrons. The molecule has 0 aromatic heterocycles. The van der Waals surface area contributed by atoms with E-state index >= 15 is 0 Å². The van der Waals surface area contributed by atoms with Crippen molar-refractivity contribution in [2.75, 3.05) is 26.2 Å². The fourth-order valence-corrected chi connectivity index (χ4v) is 0.817. The smallest absolute Gasteiger partial charge is 0.209 e. The van der Waals surface area contributed by atoms with Gasteiger partial charge in [0.05, 0.1) is 0 Å². The van der Waals surface area contributed by atoms with E-state index in [1.807, 2.05) is 0 Å². The first-order valence-corrected chi connectivity index (χ1v) is 2.96. The Morgan fingerprint density at radius 1 is 1.22 bits per heavy atom. The van der Waals surface area contributed by atoms with E-state index < -0.39 is 0 Å². The lowest BCUT2D eigenvalue weighted by Gasteiger charge is -2.27. The van der Waals surface area contributed by atoms with Crippen LogP contribution in [0, 0.1) is 0 Å². The molecule has 1 amide bonds. The average Bonchev–Trinajstić information content (AvgIpc) is 1.90. The summed E-state index contributed by atoms with van der Waals surface area (Å²) in [4.78, 5) is 11.7. The molecule has 0 aliphatic carbocycles. The second-order valence-electron chi connectivity index (χ2n) is 2.10. The van der Waals surface area contributed by atoms with E-state index in [2.05, 4.69) is 0 Å². The molecule has 0 unspecified atom stereocenters. The first-order chi connectivity index (χ1) is 4.33. The molecule has 0 aromatic rings. The highest BCUT2D eigenvalue weighted by Gasteiger charge is 2.11. The number of nitrogens with zero attached hydrogens (tertiary/aromatic N) is 2. The number of hydrogen-bond acceptors (Lipinski definition) is 3. The molecule has 1 fully saturated rings. The molecule has 4 nitrogen and oxygen atoms in total. The van der Waals surface area contributed by atoms with Crippen molar-refractivity contribution in [1.29, 1.82) is 0 Å². The summed E-state index contributed by atoms with van der Waals surface area (Å²) in [5, 5.41) is 10.0. The minimum Gasteiger partial charge on any atom is -0.343 e. The van der Waals surface area contributed by atoms with Crippen molar-refractivity contribution in [1.82, 2.24) is 9.96 Å². The lowest BCUT2D eigenvalue weighted by Crippen LogP contribution is -2.43. The van der Waals surface area contributed by atoms with Crippen LogP contribution in [0.5, 0.6) is 0 Å². The van der Waals surface area contributed by atoms with Crippen LogP contribution in [-0.2, 0) is 4.79 Å². The summed E-state index contributed by atoms with van der Waals surface area (Å²) in [6.07, 6.45) is 0.812. The SMILES string of the molecule is O=CN1CCN(O)CC1. The number of carbonyl (C=O) groups excluding carboxylic acids is 1. The van der Waals surface area contributed by atoms with Crippen LogP contribution in [-0.4, -0.2) is 47.8 Å². The second kappa shape index (κ2) is 2.80. The first kappa shape index (κ1) is 6.51. The number of hydrogen-bond donors (Lipinski definition) is 1. The van der Waals surface area contributed by atoms with Gasteiger partial charge in [0.1, 0.15) is 0 Å². The summed E-state index contributed by atoms with van der Waals surface area (Å²) in [5.74, 6) is 0. The zero-order chi connectivity index (χ0) is 6.69. The molecule has 4 heteroatoms. The minimum absolute atomic E-state index is 0.568. The van der Waals surface area contributed by atoms with Crippen LogP contribution in [0.25, 0.3) is 0 Å². The third kappa shape index (κ3) is 1.65. The molecule has 0 atom stereocenters. The van der Waals surface area contributed by atoms with Crippen LogP contribution in [0.1, 0.15) is 0 Å². The van der Waals surface area contributed by atoms with Crippen LogP contribution in [0.2, 0.25) is 0 Å². The van der Waals surface area contributed by atoms with Crippen molar-refractivity contribution in [2.45, 2.75) is 0 Å². The van der Waals surface area contributed by atoms with Crippen molar-refractivity contribution in [3.05, 3.63) is 0 Å². The summed E-state index contributed by atoms with van der Waals surface area (Å²) in [7, 11) is 0. The van der Waals surface area contributed by atoms with Gasteiger partial charge in [0.15, 0.2) is 0 Å². The van der Waals surface area contributed by atoms with Crippen molar-refractivity contribution in [2.24, 2.45) is 0 Å². The van der Waals surface area contributed by atoms with Gasteiger partial charge in [-0.15, -0.1) is 0 Å². The highest BCUT2D eigenvalue weighted by atomic mass is 16.5. The molecule has 1 rings (SSSR count). The van der Waals surface area contributed by atoms with Gasteiger partial charge < -0.3 is 10.1 Å². The highest BCUT2D eigenvalue weighted by molar-refractivity contribution is 5.47. The summed E-state index contributed by atoms with van der Waals surface area (Å²) < 4.78 is 0. The number of carbonyl (C=O) groups is 1. The van der Waals surface area contributed by atoms with Crippen LogP contribution >= 0.6 is 0 Å². The van der Waals surface area contributed by atoms with Gasteiger partial charge in [-0.2, -0.15) is 5.06 Å². The maximum Gasteiger partial charge on any atom is 0.209 e. The summed E-state index contributed by atoms with van der Waals surface area (Å²) >= 11 is 0. The second-order valence-corrected chi connectivity index (χ2v) is 2.10. The largest absolute Gasteiger partial charge is 0.343 e. The topological polar surface area (TPSA) is 43.8 Å².